The van der Waals surface area contributed by atoms with E-state index in [9.17, 15) is 9.59 Å². The molecule has 2 aromatic carbocycles. The molecule has 0 spiro atoms. The summed E-state index contributed by atoms with van der Waals surface area (Å²) in [7, 11) is 0. The maximum atomic E-state index is 12.4. The molecule has 2 heterocycles. The molecule has 3 aromatic rings. The van der Waals surface area contributed by atoms with Crippen molar-refractivity contribution in [3.05, 3.63) is 88.7 Å². The molecular weight excluding hydrogens is 336 g/mol. The molecule has 0 radical (unpaired) electrons. The van der Waals surface area contributed by atoms with Crippen LogP contribution >= 0.6 is 11.6 Å². The van der Waals surface area contributed by atoms with E-state index in [0.717, 1.165) is 11.1 Å². The molecule has 4 rings (SSSR count). The smallest absolute Gasteiger partial charge is 0.261 e. The molecule has 0 N–H and O–H groups in total. The SMILES string of the molecule is O=C1c2ccccc2C(=O)N1Cc1ccc(-c2ccccc2)c(Cl)n1. The number of imide groups is 1. The molecule has 1 aliphatic heterocycles. The molecule has 0 atom stereocenters. The molecule has 122 valence electrons. The van der Waals surface area contributed by atoms with Gasteiger partial charge >= 0.3 is 0 Å². The third-order valence-corrected chi connectivity index (χ3v) is 4.48. The summed E-state index contributed by atoms with van der Waals surface area (Å²) in [6, 6.07) is 20.2. The normalized spacial score (nSPS) is 13.2. The van der Waals surface area contributed by atoms with E-state index in [-0.39, 0.29) is 18.4 Å². The third kappa shape index (κ3) is 2.71. The Morgan fingerprint density at radius 1 is 0.760 bits per heavy atom. The monoisotopic (exact) mass is 348 g/mol. The zero-order chi connectivity index (χ0) is 17.4. The molecule has 0 bridgehead atoms. The minimum Gasteiger partial charge on any atom is -0.269 e. The number of hydrogen-bond acceptors (Lipinski definition) is 3. The number of hydrogen-bond donors (Lipinski definition) is 0. The molecule has 1 aromatic heterocycles. The fourth-order valence-electron chi connectivity index (χ4n) is 2.94. The van der Waals surface area contributed by atoms with Crippen LogP contribution in [0.25, 0.3) is 11.1 Å². The quantitative estimate of drug-likeness (QED) is 0.526. The van der Waals surface area contributed by atoms with Gasteiger partial charge < -0.3 is 0 Å². The number of nitrogens with zero attached hydrogens (tertiary/aromatic N) is 2. The van der Waals surface area contributed by atoms with Gasteiger partial charge in [0.25, 0.3) is 11.8 Å². The first-order valence-electron chi connectivity index (χ1n) is 7.81. The van der Waals surface area contributed by atoms with Crippen molar-refractivity contribution in [2.75, 3.05) is 0 Å². The second kappa shape index (κ2) is 6.15. The summed E-state index contributed by atoms with van der Waals surface area (Å²) in [6.07, 6.45) is 0. The maximum Gasteiger partial charge on any atom is 0.261 e. The molecule has 0 aliphatic carbocycles. The van der Waals surface area contributed by atoms with Gasteiger partial charge in [-0.25, -0.2) is 4.98 Å². The summed E-state index contributed by atoms with van der Waals surface area (Å²) < 4.78 is 0. The number of carbonyl (C=O) groups excluding carboxylic acids is 2. The lowest BCUT2D eigenvalue weighted by molar-refractivity contribution is 0.0640. The second-order valence-corrected chi connectivity index (χ2v) is 6.11. The Labute approximate surface area is 149 Å². The van der Waals surface area contributed by atoms with E-state index in [0.29, 0.717) is 22.0 Å². The van der Waals surface area contributed by atoms with Gasteiger partial charge in [-0.2, -0.15) is 0 Å². The molecule has 2 amide bonds. The van der Waals surface area contributed by atoms with Gasteiger partial charge in [0.05, 0.1) is 23.4 Å². The lowest BCUT2D eigenvalue weighted by Crippen LogP contribution is -2.29. The Morgan fingerprint density at radius 2 is 1.36 bits per heavy atom. The molecule has 1 aliphatic rings. The Balaban J connectivity index is 1.62. The van der Waals surface area contributed by atoms with Gasteiger partial charge in [0, 0.05) is 5.56 Å². The number of fused-ring (bicyclic) bond motifs is 1. The molecule has 0 saturated heterocycles. The van der Waals surface area contributed by atoms with Crippen LogP contribution in [0.1, 0.15) is 26.4 Å². The Hall–Kier alpha value is -2.98. The lowest BCUT2D eigenvalue weighted by atomic mass is 10.1. The standard InChI is InChI=1S/C20H13ClN2O2/c21-18-15(13-6-2-1-3-7-13)11-10-14(22-18)12-23-19(24)16-8-4-5-9-17(16)20(23)25/h1-11H,12H2. The van der Waals surface area contributed by atoms with Crippen molar-refractivity contribution in [3.8, 4) is 11.1 Å². The molecule has 0 unspecified atom stereocenters. The van der Waals surface area contributed by atoms with Crippen LogP contribution in [0, 0.1) is 0 Å². The highest BCUT2D eigenvalue weighted by Gasteiger charge is 2.35. The zero-order valence-electron chi connectivity index (χ0n) is 13.1. The fourth-order valence-corrected chi connectivity index (χ4v) is 3.22. The van der Waals surface area contributed by atoms with E-state index in [1.807, 2.05) is 36.4 Å². The van der Waals surface area contributed by atoms with Gasteiger partial charge in [-0.05, 0) is 29.8 Å². The summed E-state index contributed by atoms with van der Waals surface area (Å²) in [4.78, 5) is 30.4. The molecule has 5 heteroatoms. The van der Waals surface area contributed by atoms with Crippen LogP contribution in [0.4, 0.5) is 0 Å². The molecule has 0 saturated carbocycles. The van der Waals surface area contributed by atoms with Crippen molar-refractivity contribution in [1.29, 1.82) is 0 Å². The van der Waals surface area contributed by atoms with Crippen LogP contribution in [0.5, 0.6) is 0 Å². The van der Waals surface area contributed by atoms with Crippen LogP contribution in [0.3, 0.4) is 0 Å². The van der Waals surface area contributed by atoms with Gasteiger partial charge in [0.15, 0.2) is 0 Å². The predicted molar refractivity (Wildman–Crippen MR) is 95.3 cm³/mol. The van der Waals surface area contributed by atoms with E-state index in [4.69, 9.17) is 11.6 Å². The highest BCUT2D eigenvalue weighted by molar-refractivity contribution is 6.32. The number of aromatic nitrogens is 1. The van der Waals surface area contributed by atoms with Crippen molar-refractivity contribution in [1.82, 2.24) is 9.88 Å². The molecule has 25 heavy (non-hydrogen) atoms. The van der Waals surface area contributed by atoms with Crippen molar-refractivity contribution in [3.63, 3.8) is 0 Å². The first-order chi connectivity index (χ1) is 12.1. The van der Waals surface area contributed by atoms with Crippen LogP contribution < -0.4 is 0 Å². The summed E-state index contributed by atoms with van der Waals surface area (Å²) in [6.45, 7) is 0.0983. The average molecular weight is 349 g/mol. The van der Waals surface area contributed by atoms with Crippen LogP contribution in [-0.4, -0.2) is 21.7 Å². The number of carbonyl (C=O) groups is 2. The average Bonchev–Trinajstić information content (AvgIpc) is 2.88. The zero-order valence-corrected chi connectivity index (χ0v) is 13.9. The van der Waals surface area contributed by atoms with Gasteiger partial charge in [-0.1, -0.05) is 54.1 Å². The number of rotatable bonds is 3. The Kier molecular flexibility index (Phi) is 3.82. The number of pyridine rings is 1. The van der Waals surface area contributed by atoms with Crippen molar-refractivity contribution < 1.29 is 9.59 Å². The topological polar surface area (TPSA) is 50.3 Å². The van der Waals surface area contributed by atoms with Crippen LogP contribution in [0.2, 0.25) is 5.15 Å². The molecular formula is C20H13ClN2O2. The molecule has 4 nitrogen and oxygen atoms in total. The van der Waals surface area contributed by atoms with E-state index in [1.165, 1.54) is 4.90 Å². The number of halogens is 1. The predicted octanol–water partition coefficient (Wildman–Crippen LogP) is 4.20. The highest BCUT2D eigenvalue weighted by atomic mass is 35.5. The first-order valence-corrected chi connectivity index (χ1v) is 8.19. The van der Waals surface area contributed by atoms with E-state index >= 15 is 0 Å². The van der Waals surface area contributed by atoms with Crippen molar-refractivity contribution in [2.24, 2.45) is 0 Å². The fraction of sp³-hybridized carbons (Fsp3) is 0.0500. The van der Waals surface area contributed by atoms with Crippen LogP contribution in [0.15, 0.2) is 66.7 Å². The number of benzene rings is 2. The summed E-state index contributed by atoms with van der Waals surface area (Å²) in [5.41, 5.74) is 3.21. The van der Waals surface area contributed by atoms with Crippen molar-refractivity contribution in [2.45, 2.75) is 6.54 Å². The Bertz CT molecular complexity index is 951. The van der Waals surface area contributed by atoms with Crippen LogP contribution in [-0.2, 0) is 6.54 Å². The van der Waals surface area contributed by atoms with E-state index < -0.39 is 0 Å². The third-order valence-electron chi connectivity index (χ3n) is 4.19. The first kappa shape index (κ1) is 15.5. The van der Waals surface area contributed by atoms with Crippen molar-refractivity contribution >= 4 is 23.4 Å². The van der Waals surface area contributed by atoms with Gasteiger partial charge in [-0.15, -0.1) is 0 Å². The second-order valence-electron chi connectivity index (χ2n) is 5.75. The minimum absolute atomic E-state index is 0.0983. The van der Waals surface area contributed by atoms with Gasteiger partial charge in [-0.3, -0.25) is 14.5 Å². The van der Waals surface area contributed by atoms with E-state index in [1.54, 1.807) is 30.3 Å². The largest absolute Gasteiger partial charge is 0.269 e. The maximum absolute atomic E-state index is 12.4. The van der Waals surface area contributed by atoms with Gasteiger partial charge in [0.2, 0.25) is 0 Å². The summed E-state index contributed by atoms with van der Waals surface area (Å²) >= 11 is 6.31. The summed E-state index contributed by atoms with van der Waals surface area (Å²) in [5, 5.41) is 0.348. The molecule has 0 fully saturated rings. The number of amides is 2. The lowest BCUT2D eigenvalue weighted by Gasteiger charge is -2.14. The minimum atomic E-state index is -0.300. The van der Waals surface area contributed by atoms with Gasteiger partial charge in [0.1, 0.15) is 5.15 Å². The Morgan fingerprint density at radius 3 is 1.96 bits per heavy atom. The van der Waals surface area contributed by atoms with E-state index in [2.05, 4.69) is 4.98 Å². The highest BCUT2D eigenvalue weighted by Crippen LogP contribution is 2.28. The summed E-state index contributed by atoms with van der Waals surface area (Å²) in [5.74, 6) is -0.601.